The Morgan fingerprint density at radius 1 is 1.14 bits per heavy atom. The van der Waals surface area contributed by atoms with E-state index in [1.807, 2.05) is 0 Å². The van der Waals surface area contributed by atoms with Crippen molar-refractivity contribution in [3.05, 3.63) is 0 Å². The molecule has 0 radical (unpaired) electrons. The van der Waals surface area contributed by atoms with E-state index in [9.17, 15) is 4.79 Å². The molecule has 0 amide bonds. The van der Waals surface area contributed by atoms with Crippen LogP contribution in [-0.2, 0) is 4.79 Å². The van der Waals surface area contributed by atoms with Crippen LogP contribution in [0.25, 0.3) is 0 Å². The van der Waals surface area contributed by atoms with Crippen molar-refractivity contribution in [1.82, 2.24) is 0 Å². The Morgan fingerprint density at radius 2 is 1.71 bits per heavy atom. The van der Waals surface area contributed by atoms with Crippen molar-refractivity contribution >= 4 is 5.97 Å². The molecule has 0 aromatic heterocycles. The van der Waals surface area contributed by atoms with Gasteiger partial charge in [0.15, 0.2) is 0 Å². The number of aliphatic carboxylic acids is 1. The van der Waals surface area contributed by atoms with Gasteiger partial charge < -0.3 is 10.2 Å². The smallest absolute Gasteiger partial charge is 0.303 e. The van der Waals surface area contributed by atoms with E-state index in [1.165, 1.54) is 19.3 Å². The molecule has 0 spiro atoms. The summed E-state index contributed by atoms with van der Waals surface area (Å²) in [5.41, 5.74) is 0. The molecule has 0 bridgehead atoms. The predicted octanol–water partition coefficient (Wildman–Crippen LogP) is 2.04. The van der Waals surface area contributed by atoms with E-state index >= 15 is 0 Å². The van der Waals surface area contributed by atoms with Gasteiger partial charge in [0.25, 0.3) is 0 Å². The lowest BCUT2D eigenvalue weighted by atomic mass is 9.75. The van der Waals surface area contributed by atoms with Crippen LogP contribution in [0.2, 0.25) is 0 Å². The van der Waals surface area contributed by atoms with Gasteiger partial charge in [-0.25, -0.2) is 0 Å². The minimum Gasteiger partial charge on any atom is -0.481 e. The molecule has 14 heavy (non-hydrogen) atoms. The number of carboxylic acids is 1. The molecule has 0 aromatic carbocycles. The summed E-state index contributed by atoms with van der Waals surface area (Å²) in [5, 5.41) is 17.5. The number of aliphatic hydroxyl groups excluding tert-OH is 1. The Balaban J connectivity index is 2.33. The second-order valence-corrected chi connectivity index (χ2v) is 4.25. The van der Waals surface area contributed by atoms with Crippen molar-refractivity contribution in [1.29, 1.82) is 0 Å². The third kappa shape index (κ3) is 3.66. The van der Waals surface area contributed by atoms with Crippen LogP contribution >= 0.6 is 0 Å². The molecule has 1 aliphatic carbocycles. The second-order valence-electron chi connectivity index (χ2n) is 4.25. The van der Waals surface area contributed by atoms with Gasteiger partial charge in [-0.15, -0.1) is 0 Å². The Kier molecular flexibility index (Phi) is 4.94. The van der Waals surface area contributed by atoms with E-state index in [2.05, 4.69) is 0 Å². The van der Waals surface area contributed by atoms with Crippen LogP contribution in [0.4, 0.5) is 0 Å². The maximum atomic E-state index is 10.5. The monoisotopic (exact) mass is 200 g/mol. The van der Waals surface area contributed by atoms with Crippen molar-refractivity contribution in [3.8, 4) is 0 Å². The minimum absolute atomic E-state index is 0.244. The first-order valence-electron chi connectivity index (χ1n) is 5.56. The average molecular weight is 200 g/mol. The van der Waals surface area contributed by atoms with E-state index in [1.54, 1.807) is 0 Å². The summed E-state index contributed by atoms with van der Waals surface area (Å²) < 4.78 is 0. The van der Waals surface area contributed by atoms with Crippen LogP contribution in [0.3, 0.4) is 0 Å². The zero-order valence-corrected chi connectivity index (χ0v) is 8.61. The fraction of sp³-hybridized carbons (Fsp3) is 0.909. The molecule has 3 heteroatoms. The SMILES string of the molecule is O=C(O)CCC1CCCCC1CCO. The normalized spacial score (nSPS) is 27.5. The predicted molar refractivity (Wildman–Crippen MR) is 54.0 cm³/mol. The van der Waals surface area contributed by atoms with Crippen LogP contribution in [0.15, 0.2) is 0 Å². The summed E-state index contributed by atoms with van der Waals surface area (Å²) in [6.07, 6.45) is 6.72. The lowest BCUT2D eigenvalue weighted by Crippen LogP contribution is -2.21. The molecule has 1 rings (SSSR count). The Morgan fingerprint density at radius 3 is 2.21 bits per heavy atom. The quantitative estimate of drug-likeness (QED) is 0.714. The van der Waals surface area contributed by atoms with Gasteiger partial charge in [0, 0.05) is 13.0 Å². The number of hydrogen-bond donors (Lipinski definition) is 2. The number of carbonyl (C=O) groups is 1. The fourth-order valence-corrected chi connectivity index (χ4v) is 2.52. The highest BCUT2D eigenvalue weighted by molar-refractivity contribution is 5.66. The Labute approximate surface area is 85.1 Å². The van der Waals surface area contributed by atoms with Gasteiger partial charge in [0.2, 0.25) is 0 Å². The molecule has 82 valence electrons. The number of carboxylic acid groups (broad SMARTS) is 1. The van der Waals surface area contributed by atoms with Crippen LogP contribution in [0, 0.1) is 11.8 Å². The van der Waals surface area contributed by atoms with Crippen LogP contribution in [-0.4, -0.2) is 22.8 Å². The van der Waals surface area contributed by atoms with Crippen LogP contribution < -0.4 is 0 Å². The van der Waals surface area contributed by atoms with Gasteiger partial charge in [0.1, 0.15) is 0 Å². The van der Waals surface area contributed by atoms with E-state index < -0.39 is 5.97 Å². The highest BCUT2D eigenvalue weighted by atomic mass is 16.4. The highest BCUT2D eigenvalue weighted by Gasteiger charge is 2.24. The van der Waals surface area contributed by atoms with Crippen LogP contribution in [0.1, 0.15) is 44.9 Å². The first-order chi connectivity index (χ1) is 6.74. The number of rotatable bonds is 5. The molecule has 2 atom stereocenters. The highest BCUT2D eigenvalue weighted by Crippen LogP contribution is 2.34. The van der Waals surface area contributed by atoms with Crippen molar-refractivity contribution in [2.24, 2.45) is 11.8 Å². The topological polar surface area (TPSA) is 57.5 Å². The van der Waals surface area contributed by atoms with Gasteiger partial charge in [-0.2, -0.15) is 0 Å². The van der Waals surface area contributed by atoms with E-state index in [0.29, 0.717) is 11.8 Å². The summed E-state index contributed by atoms with van der Waals surface area (Å²) in [4.78, 5) is 10.5. The van der Waals surface area contributed by atoms with E-state index in [4.69, 9.17) is 10.2 Å². The zero-order chi connectivity index (χ0) is 10.4. The Hall–Kier alpha value is -0.570. The lowest BCUT2D eigenvalue weighted by Gasteiger charge is -2.30. The molecule has 3 nitrogen and oxygen atoms in total. The standard InChI is InChI=1S/C11H20O3/c12-8-7-10-4-2-1-3-9(10)5-6-11(13)14/h9-10,12H,1-8H2,(H,13,14). The largest absolute Gasteiger partial charge is 0.481 e. The first-order valence-corrected chi connectivity index (χ1v) is 5.56. The molecule has 0 heterocycles. The van der Waals surface area contributed by atoms with E-state index in [-0.39, 0.29) is 13.0 Å². The molecular formula is C11H20O3. The Bertz CT molecular complexity index is 177. The third-order valence-electron chi connectivity index (χ3n) is 3.30. The lowest BCUT2D eigenvalue weighted by molar-refractivity contribution is -0.137. The van der Waals surface area contributed by atoms with Gasteiger partial charge >= 0.3 is 5.97 Å². The summed E-state index contributed by atoms with van der Waals surface area (Å²) >= 11 is 0. The van der Waals surface area contributed by atoms with Crippen molar-refractivity contribution < 1.29 is 15.0 Å². The first kappa shape index (κ1) is 11.5. The maximum absolute atomic E-state index is 10.5. The summed E-state index contributed by atoms with van der Waals surface area (Å²) in [6.45, 7) is 0.244. The molecule has 0 saturated heterocycles. The molecule has 0 aromatic rings. The van der Waals surface area contributed by atoms with Gasteiger partial charge in [-0.05, 0) is 24.7 Å². The molecule has 0 aliphatic heterocycles. The number of aliphatic hydroxyl groups is 1. The minimum atomic E-state index is -0.696. The number of hydrogen-bond acceptors (Lipinski definition) is 2. The maximum Gasteiger partial charge on any atom is 0.303 e. The molecule has 1 aliphatic rings. The van der Waals surface area contributed by atoms with Crippen molar-refractivity contribution in [2.45, 2.75) is 44.9 Å². The van der Waals surface area contributed by atoms with Crippen LogP contribution in [0.5, 0.6) is 0 Å². The van der Waals surface area contributed by atoms with E-state index in [0.717, 1.165) is 19.3 Å². The van der Waals surface area contributed by atoms with Crippen molar-refractivity contribution in [2.75, 3.05) is 6.61 Å². The molecule has 1 saturated carbocycles. The molecule has 1 fully saturated rings. The van der Waals surface area contributed by atoms with Gasteiger partial charge in [0.05, 0.1) is 0 Å². The molecule has 2 N–H and O–H groups in total. The molecular weight excluding hydrogens is 180 g/mol. The zero-order valence-electron chi connectivity index (χ0n) is 8.61. The van der Waals surface area contributed by atoms with Gasteiger partial charge in [-0.1, -0.05) is 25.7 Å². The summed E-state index contributed by atoms with van der Waals surface area (Å²) in [6, 6.07) is 0. The fourth-order valence-electron chi connectivity index (χ4n) is 2.52. The second kappa shape index (κ2) is 6.02. The van der Waals surface area contributed by atoms with Gasteiger partial charge in [-0.3, -0.25) is 4.79 Å². The summed E-state index contributed by atoms with van der Waals surface area (Å²) in [5.74, 6) is 0.401. The summed E-state index contributed by atoms with van der Waals surface area (Å²) in [7, 11) is 0. The molecule has 2 unspecified atom stereocenters. The average Bonchev–Trinajstić information content (AvgIpc) is 2.17. The third-order valence-corrected chi connectivity index (χ3v) is 3.30. The van der Waals surface area contributed by atoms with Crippen molar-refractivity contribution in [3.63, 3.8) is 0 Å².